The molecule has 4 nitrogen and oxygen atoms in total. The van der Waals surface area contributed by atoms with Crippen LogP contribution in [-0.2, 0) is 4.79 Å². The summed E-state index contributed by atoms with van der Waals surface area (Å²) in [5, 5.41) is 21.3. The van der Waals surface area contributed by atoms with Crippen molar-refractivity contribution in [2.24, 2.45) is 0 Å². The Kier molecular flexibility index (Phi) is 7.74. The van der Waals surface area contributed by atoms with E-state index in [-0.39, 0.29) is 0 Å². The van der Waals surface area contributed by atoms with Gasteiger partial charge < -0.3 is 15.6 Å². The van der Waals surface area contributed by atoms with Crippen molar-refractivity contribution in [3.8, 4) is 0 Å². The highest BCUT2D eigenvalue weighted by Gasteiger charge is 2.01. The molecule has 0 aliphatic carbocycles. The third kappa shape index (κ3) is 8.92. The molecule has 4 heteroatoms. The largest absolute Gasteiger partial charge is 0.479 e. The van der Waals surface area contributed by atoms with Gasteiger partial charge in [0.05, 0.1) is 0 Å². The molecule has 1 atom stereocenters. The van der Waals surface area contributed by atoms with Gasteiger partial charge in [-0.2, -0.15) is 0 Å². The summed E-state index contributed by atoms with van der Waals surface area (Å²) < 4.78 is 0. The number of carboxylic acids is 1. The van der Waals surface area contributed by atoms with E-state index in [0.29, 0.717) is 0 Å². The van der Waals surface area contributed by atoms with Crippen molar-refractivity contribution in [3.63, 3.8) is 0 Å². The summed E-state index contributed by atoms with van der Waals surface area (Å²) in [5.74, 6) is -1.19. The van der Waals surface area contributed by atoms with E-state index in [0.717, 1.165) is 0 Å². The first-order valence-corrected chi connectivity index (χ1v) is 1.91. The third-order valence-corrected chi connectivity index (χ3v) is 0.357. The van der Waals surface area contributed by atoms with Crippen LogP contribution >= 0.6 is 0 Å². The average molecular weight is 119 g/mol. The Hall–Kier alpha value is -0.900. The number of aliphatic hydroxyl groups is 1. The molecule has 0 aliphatic rings. The zero-order valence-electron chi connectivity index (χ0n) is 4.59. The Balaban J connectivity index is 0. The first kappa shape index (κ1) is 10.2. The highest BCUT2D eigenvalue weighted by molar-refractivity contribution is 5.71. The summed E-state index contributed by atoms with van der Waals surface area (Å²) in [6.45, 7) is 3.70. The van der Waals surface area contributed by atoms with Crippen molar-refractivity contribution in [2.45, 2.75) is 13.0 Å². The molecule has 0 amide bonds. The average Bonchev–Trinajstić information content (AvgIpc) is 1.72. The van der Waals surface area contributed by atoms with E-state index < -0.39 is 12.1 Å². The first-order chi connectivity index (χ1) is 3.64. The second kappa shape index (κ2) is 6.10. The van der Waals surface area contributed by atoms with Crippen molar-refractivity contribution < 1.29 is 15.0 Å². The fourth-order valence-electron chi connectivity index (χ4n) is 0. The van der Waals surface area contributed by atoms with Crippen molar-refractivity contribution in [2.75, 3.05) is 0 Å². The van der Waals surface area contributed by atoms with Crippen LogP contribution in [0, 0.1) is 5.41 Å². The van der Waals surface area contributed by atoms with E-state index in [1.54, 1.807) is 0 Å². The number of carbonyl (C=O) groups is 1. The second-order valence-electron chi connectivity index (χ2n) is 1.01. The molecule has 48 valence electrons. The molecule has 8 heavy (non-hydrogen) atoms. The lowest BCUT2D eigenvalue weighted by Crippen LogP contribution is -2.13. The predicted molar refractivity (Wildman–Crippen MR) is 29.2 cm³/mol. The summed E-state index contributed by atoms with van der Waals surface area (Å²) in [6, 6.07) is 0. The van der Waals surface area contributed by atoms with Crippen LogP contribution in [0.1, 0.15) is 6.92 Å². The Morgan fingerprint density at radius 1 is 1.75 bits per heavy atom. The van der Waals surface area contributed by atoms with Crippen LogP contribution in [0.3, 0.4) is 0 Å². The van der Waals surface area contributed by atoms with E-state index in [9.17, 15) is 4.79 Å². The van der Waals surface area contributed by atoms with Gasteiger partial charge in [-0.1, -0.05) is 0 Å². The third-order valence-electron chi connectivity index (χ3n) is 0.357. The van der Waals surface area contributed by atoms with Crippen molar-refractivity contribution in [1.82, 2.24) is 0 Å². The van der Waals surface area contributed by atoms with Crippen LogP contribution in [0.4, 0.5) is 0 Å². The molecule has 0 fully saturated rings. The number of aliphatic carboxylic acids is 1. The van der Waals surface area contributed by atoms with Gasteiger partial charge in [0.15, 0.2) is 0 Å². The number of hydrogen-bond donors (Lipinski definition) is 3. The molecular formula is C4H9NO3. The van der Waals surface area contributed by atoms with Crippen LogP contribution in [-0.4, -0.2) is 29.0 Å². The van der Waals surface area contributed by atoms with Crippen LogP contribution in [0.25, 0.3) is 0 Å². The van der Waals surface area contributed by atoms with E-state index in [1.165, 1.54) is 6.92 Å². The Morgan fingerprint density at radius 3 is 1.88 bits per heavy atom. The molecule has 3 N–H and O–H groups in total. The normalized spacial score (nSPS) is 10.8. The smallest absolute Gasteiger partial charge is 0.332 e. The van der Waals surface area contributed by atoms with E-state index in [1.807, 2.05) is 0 Å². The van der Waals surface area contributed by atoms with E-state index in [4.69, 9.17) is 15.6 Å². The molecule has 0 aromatic rings. The molecule has 0 spiro atoms. The molecule has 0 heterocycles. The standard InChI is InChI=1S/C3H6O3.CH3N/c1-2(4)3(5)6;1-2/h2,4H,1H3,(H,5,6);2H,1H2. The molecule has 0 bridgehead atoms. The first-order valence-electron chi connectivity index (χ1n) is 1.91. The number of aliphatic hydroxyl groups excluding tert-OH is 1. The van der Waals surface area contributed by atoms with Gasteiger partial charge in [-0.3, -0.25) is 0 Å². The minimum Gasteiger partial charge on any atom is -0.479 e. The summed E-state index contributed by atoms with van der Waals surface area (Å²) in [4.78, 5) is 9.45. The van der Waals surface area contributed by atoms with Gasteiger partial charge in [-0.15, -0.1) is 0 Å². The Morgan fingerprint density at radius 2 is 1.88 bits per heavy atom. The lowest BCUT2D eigenvalue weighted by molar-refractivity contribution is -0.145. The number of rotatable bonds is 1. The molecule has 0 saturated carbocycles. The van der Waals surface area contributed by atoms with Gasteiger partial charge in [-0.05, 0) is 13.6 Å². The minimum atomic E-state index is -1.23. The maximum absolute atomic E-state index is 9.45. The Bertz CT molecular complexity index is 71.7. The highest BCUT2D eigenvalue weighted by Crippen LogP contribution is 1.73. The van der Waals surface area contributed by atoms with E-state index >= 15 is 0 Å². The number of carboxylic acid groups (broad SMARTS) is 1. The van der Waals surface area contributed by atoms with Crippen LogP contribution in [0.15, 0.2) is 0 Å². The van der Waals surface area contributed by atoms with Crippen molar-refractivity contribution >= 4 is 12.7 Å². The molecular weight excluding hydrogens is 110 g/mol. The second-order valence-corrected chi connectivity index (χ2v) is 1.01. The lowest BCUT2D eigenvalue weighted by Gasteiger charge is -1.89. The SMILES string of the molecule is C=N.CC(O)C(=O)O. The topological polar surface area (TPSA) is 81.4 Å². The summed E-state index contributed by atoms with van der Waals surface area (Å²) in [7, 11) is 0. The summed E-state index contributed by atoms with van der Waals surface area (Å²) in [5.41, 5.74) is 0. The maximum Gasteiger partial charge on any atom is 0.332 e. The van der Waals surface area contributed by atoms with Gasteiger partial charge in [0, 0.05) is 0 Å². The van der Waals surface area contributed by atoms with Crippen LogP contribution in [0.5, 0.6) is 0 Å². The zero-order chi connectivity index (χ0) is 7.15. The summed E-state index contributed by atoms with van der Waals surface area (Å²) in [6.07, 6.45) is -1.23. The van der Waals surface area contributed by atoms with Crippen LogP contribution < -0.4 is 0 Å². The van der Waals surface area contributed by atoms with Crippen LogP contribution in [0.2, 0.25) is 0 Å². The molecule has 0 saturated heterocycles. The quantitative estimate of drug-likeness (QED) is 0.415. The molecule has 0 aromatic heterocycles. The Labute approximate surface area is 47.3 Å². The fraction of sp³-hybridized carbons (Fsp3) is 0.500. The van der Waals surface area contributed by atoms with Crippen molar-refractivity contribution in [3.05, 3.63) is 0 Å². The van der Waals surface area contributed by atoms with Gasteiger partial charge in [-0.25, -0.2) is 4.79 Å². The maximum atomic E-state index is 9.45. The lowest BCUT2D eigenvalue weighted by atomic mass is 10.4. The number of nitrogens with one attached hydrogen (secondary N) is 1. The fourth-order valence-corrected chi connectivity index (χ4v) is 0. The minimum absolute atomic E-state index is 1.19. The molecule has 0 aromatic carbocycles. The molecule has 1 unspecified atom stereocenters. The monoisotopic (exact) mass is 119 g/mol. The number of hydrogen-bond acceptors (Lipinski definition) is 3. The highest BCUT2D eigenvalue weighted by atomic mass is 16.4. The molecule has 0 radical (unpaired) electrons. The van der Waals surface area contributed by atoms with E-state index in [2.05, 4.69) is 6.72 Å². The van der Waals surface area contributed by atoms with Crippen molar-refractivity contribution in [1.29, 1.82) is 5.41 Å². The van der Waals surface area contributed by atoms with Gasteiger partial charge >= 0.3 is 5.97 Å². The van der Waals surface area contributed by atoms with Gasteiger partial charge in [0.25, 0.3) is 0 Å². The summed E-state index contributed by atoms with van der Waals surface area (Å²) >= 11 is 0. The predicted octanol–water partition coefficient (Wildman–Crippen LogP) is -0.282. The van der Waals surface area contributed by atoms with Gasteiger partial charge in [0.1, 0.15) is 6.10 Å². The molecule has 0 rings (SSSR count). The zero-order valence-corrected chi connectivity index (χ0v) is 4.59. The van der Waals surface area contributed by atoms with Gasteiger partial charge in [0.2, 0.25) is 0 Å². The molecule has 0 aliphatic heterocycles.